The Morgan fingerprint density at radius 3 is 2.50 bits per heavy atom. The van der Waals surface area contributed by atoms with Crippen LogP contribution in [-0.4, -0.2) is 23.2 Å². The molecular formula is C28H25F3O4S. The monoisotopic (exact) mass is 514 g/mol. The Morgan fingerprint density at radius 2 is 1.81 bits per heavy atom. The van der Waals surface area contributed by atoms with Gasteiger partial charge in [0.25, 0.3) is 0 Å². The zero-order chi connectivity index (χ0) is 25.6. The summed E-state index contributed by atoms with van der Waals surface area (Å²) in [6.07, 6.45) is -3.14. The summed E-state index contributed by atoms with van der Waals surface area (Å²) in [6.45, 7) is 3.60. The Kier molecular flexibility index (Phi) is 6.41. The summed E-state index contributed by atoms with van der Waals surface area (Å²) in [4.78, 5) is 12.2. The average molecular weight is 515 g/mol. The lowest BCUT2D eigenvalue weighted by Gasteiger charge is -2.19. The fraction of sp³-hybridized carbons (Fsp3) is 0.321. The van der Waals surface area contributed by atoms with Crippen LogP contribution in [0.1, 0.15) is 52.7 Å². The SMILES string of the molecule is Cc1cc(OC(F)(F)F)cc(C)c1-c1cccc2c1CCC2Oc1ccc2c(c1)SCC2CC(=O)O. The van der Waals surface area contributed by atoms with Gasteiger partial charge in [0.05, 0.1) is 6.42 Å². The third-order valence-electron chi connectivity index (χ3n) is 6.79. The molecule has 0 amide bonds. The largest absolute Gasteiger partial charge is 0.573 e. The maximum atomic E-state index is 12.7. The van der Waals surface area contributed by atoms with Gasteiger partial charge in [0, 0.05) is 16.6 Å². The van der Waals surface area contributed by atoms with Crippen molar-refractivity contribution in [3.05, 3.63) is 76.3 Å². The Hall–Kier alpha value is -3.13. The van der Waals surface area contributed by atoms with E-state index in [9.17, 15) is 18.0 Å². The molecule has 3 aromatic carbocycles. The number of hydrogen-bond donors (Lipinski definition) is 1. The third kappa shape index (κ3) is 4.91. The van der Waals surface area contributed by atoms with Crippen molar-refractivity contribution in [2.45, 2.75) is 56.4 Å². The molecule has 5 rings (SSSR count). The molecule has 0 spiro atoms. The predicted molar refractivity (Wildman–Crippen MR) is 132 cm³/mol. The van der Waals surface area contributed by atoms with Gasteiger partial charge in [-0.3, -0.25) is 4.79 Å². The molecule has 1 heterocycles. The summed E-state index contributed by atoms with van der Waals surface area (Å²) in [5.74, 6) is 0.522. The van der Waals surface area contributed by atoms with E-state index in [0.717, 1.165) is 68.2 Å². The summed E-state index contributed by atoms with van der Waals surface area (Å²) < 4.78 is 48.7. The molecule has 2 aliphatic rings. The Labute approximate surface area is 211 Å². The lowest BCUT2D eigenvalue weighted by molar-refractivity contribution is -0.274. The van der Waals surface area contributed by atoms with E-state index in [2.05, 4.69) is 4.74 Å². The molecule has 0 saturated carbocycles. The second kappa shape index (κ2) is 9.39. The molecule has 188 valence electrons. The van der Waals surface area contributed by atoms with E-state index in [1.807, 2.05) is 36.4 Å². The number of alkyl halides is 3. The molecule has 36 heavy (non-hydrogen) atoms. The summed E-state index contributed by atoms with van der Waals surface area (Å²) >= 11 is 1.66. The number of fused-ring (bicyclic) bond motifs is 2. The van der Waals surface area contributed by atoms with Crippen LogP contribution >= 0.6 is 11.8 Å². The quantitative estimate of drug-likeness (QED) is 0.367. The predicted octanol–water partition coefficient (Wildman–Crippen LogP) is 7.60. The molecule has 3 aromatic rings. The van der Waals surface area contributed by atoms with Crippen LogP contribution in [0, 0.1) is 13.8 Å². The van der Waals surface area contributed by atoms with E-state index < -0.39 is 12.3 Å². The normalized spacial score (nSPS) is 18.6. The summed E-state index contributed by atoms with van der Waals surface area (Å²) in [5, 5.41) is 9.15. The minimum absolute atomic E-state index is 0.0192. The van der Waals surface area contributed by atoms with E-state index >= 15 is 0 Å². The molecule has 0 aromatic heterocycles. The van der Waals surface area contributed by atoms with Crippen molar-refractivity contribution in [1.82, 2.24) is 0 Å². The van der Waals surface area contributed by atoms with Gasteiger partial charge in [0.2, 0.25) is 0 Å². The van der Waals surface area contributed by atoms with Gasteiger partial charge in [-0.25, -0.2) is 0 Å². The van der Waals surface area contributed by atoms with E-state index in [-0.39, 0.29) is 24.2 Å². The average Bonchev–Trinajstić information content (AvgIpc) is 3.36. The first-order valence-electron chi connectivity index (χ1n) is 11.7. The number of aryl methyl sites for hydroxylation is 2. The standard InChI is InChI=1S/C28H25F3O4S/c1-15-10-19(35-28(29,30)31)11-16(2)27(15)23-5-3-4-22-21(23)8-9-24(22)34-18-6-7-20-17(12-26(32)33)14-36-25(20)13-18/h3-7,10-11,13,17,24H,8-9,12,14H2,1-2H3,(H,32,33). The third-order valence-corrected chi connectivity index (χ3v) is 8.02. The van der Waals surface area contributed by atoms with Crippen molar-refractivity contribution >= 4 is 17.7 Å². The number of carboxylic acids is 1. The van der Waals surface area contributed by atoms with Crippen LogP contribution < -0.4 is 9.47 Å². The van der Waals surface area contributed by atoms with Crippen molar-refractivity contribution in [2.24, 2.45) is 0 Å². The van der Waals surface area contributed by atoms with Crippen molar-refractivity contribution in [3.63, 3.8) is 0 Å². The zero-order valence-corrected chi connectivity index (χ0v) is 20.6. The van der Waals surface area contributed by atoms with Gasteiger partial charge in [-0.15, -0.1) is 24.9 Å². The van der Waals surface area contributed by atoms with Crippen LogP contribution in [0.3, 0.4) is 0 Å². The highest BCUT2D eigenvalue weighted by Gasteiger charge is 2.32. The van der Waals surface area contributed by atoms with E-state index in [1.54, 1.807) is 25.6 Å². The molecule has 8 heteroatoms. The second-order valence-corrected chi connectivity index (χ2v) is 10.4. The maximum Gasteiger partial charge on any atom is 0.573 e. The number of carbonyl (C=O) groups is 1. The lowest BCUT2D eigenvalue weighted by atomic mass is 9.90. The van der Waals surface area contributed by atoms with Gasteiger partial charge in [-0.2, -0.15) is 0 Å². The Morgan fingerprint density at radius 1 is 1.06 bits per heavy atom. The van der Waals surface area contributed by atoms with Gasteiger partial charge in [-0.1, -0.05) is 24.3 Å². The maximum absolute atomic E-state index is 12.7. The highest BCUT2D eigenvalue weighted by Crippen LogP contribution is 2.46. The number of thioether (sulfide) groups is 1. The van der Waals surface area contributed by atoms with Crippen LogP contribution in [0.4, 0.5) is 13.2 Å². The first-order valence-corrected chi connectivity index (χ1v) is 12.7. The minimum atomic E-state index is -4.73. The molecular weight excluding hydrogens is 489 g/mol. The first kappa shape index (κ1) is 24.6. The number of hydrogen-bond acceptors (Lipinski definition) is 4. The van der Waals surface area contributed by atoms with Gasteiger partial charge in [0.15, 0.2) is 0 Å². The van der Waals surface area contributed by atoms with Crippen molar-refractivity contribution in [3.8, 4) is 22.6 Å². The summed E-state index contributed by atoms with van der Waals surface area (Å²) in [5.41, 5.74) is 6.66. The second-order valence-electron chi connectivity index (χ2n) is 9.30. The highest BCUT2D eigenvalue weighted by molar-refractivity contribution is 7.99. The van der Waals surface area contributed by atoms with Gasteiger partial charge >= 0.3 is 12.3 Å². The van der Waals surface area contributed by atoms with Crippen molar-refractivity contribution < 1.29 is 32.5 Å². The number of ether oxygens (including phenoxy) is 2. The van der Waals surface area contributed by atoms with Crippen molar-refractivity contribution in [1.29, 1.82) is 0 Å². The van der Waals surface area contributed by atoms with Crippen LogP contribution in [-0.2, 0) is 11.2 Å². The van der Waals surface area contributed by atoms with Crippen LogP contribution in [0.15, 0.2) is 53.4 Å². The van der Waals surface area contributed by atoms with Crippen LogP contribution in [0.2, 0.25) is 0 Å². The molecule has 0 fully saturated rings. The minimum Gasteiger partial charge on any atom is -0.486 e. The number of carboxylic acid groups (broad SMARTS) is 1. The van der Waals surface area contributed by atoms with E-state index in [1.165, 1.54) is 12.1 Å². The van der Waals surface area contributed by atoms with E-state index in [4.69, 9.17) is 9.84 Å². The Balaban J connectivity index is 1.40. The molecule has 0 saturated heterocycles. The fourth-order valence-corrected chi connectivity index (χ4v) is 6.67. The molecule has 1 aliphatic heterocycles. The molecule has 1 N–H and O–H groups in total. The molecule has 2 unspecified atom stereocenters. The van der Waals surface area contributed by atoms with Crippen LogP contribution in [0.25, 0.3) is 11.1 Å². The zero-order valence-electron chi connectivity index (χ0n) is 19.8. The molecule has 1 aliphatic carbocycles. The number of benzene rings is 3. The smallest absolute Gasteiger partial charge is 0.486 e. The lowest BCUT2D eigenvalue weighted by Crippen LogP contribution is -2.17. The summed E-state index contributed by atoms with van der Waals surface area (Å²) in [7, 11) is 0. The number of aliphatic carboxylic acids is 1. The van der Waals surface area contributed by atoms with E-state index in [0.29, 0.717) is 0 Å². The molecule has 0 radical (unpaired) electrons. The summed E-state index contributed by atoms with van der Waals surface area (Å²) in [6, 6.07) is 14.8. The van der Waals surface area contributed by atoms with Crippen LogP contribution in [0.5, 0.6) is 11.5 Å². The number of rotatable bonds is 6. The Bertz CT molecular complexity index is 1310. The topological polar surface area (TPSA) is 55.8 Å². The first-order chi connectivity index (χ1) is 17.1. The van der Waals surface area contributed by atoms with Crippen molar-refractivity contribution in [2.75, 3.05) is 5.75 Å². The molecule has 2 atom stereocenters. The van der Waals surface area contributed by atoms with Gasteiger partial charge < -0.3 is 14.6 Å². The highest BCUT2D eigenvalue weighted by atomic mass is 32.2. The van der Waals surface area contributed by atoms with Gasteiger partial charge in [-0.05, 0) is 89.9 Å². The molecule has 4 nitrogen and oxygen atoms in total. The molecule has 0 bridgehead atoms. The number of halogens is 3. The van der Waals surface area contributed by atoms with Gasteiger partial charge in [0.1, 0.15) is 17.6 Å². The fourth-order valence-electron chi connectivity index (χ4n) is 5.39.